The third kappa shape index (κ3) is 3.03. The first-order chi connectivity index (χ1) is 9.51. The molecule has 20 heavy (non-hydrogen) atoms. The van der Waals surface area contributed by atoms with Gasteiger partial charge in [0.2, 0.25) is 0 Å². The zero-order valence-electron chi connectivity index (χ0n) is 11.2. The van der Waals surface area contributed by atoms with Crippen LogP contribution >= 0.6 is 11.6 Å². The SMILES string of the molecule is Cc1ccc(Oc2cc(C)ccc2C(N)=NO)c(Cl)c1. The topological polar surface area (TPSA) is 67.8 Å². The molecule has 0 bridgehead atoms. The molecule has 5 heteroatoms. The van der Waals surface area contributed by atoms with E-state index in [0.29, 0.717) is 22.1 Å². The maximum atomic E-state index is 8.82. The lowest BCUT2D eigenvalue weighted by atomic mass is 10.1. The second-order valence-electron chi connectivity index (χ2n) is 4.52. The van der Waals surface area contributed by atoms with Gasteiger partial charge in [-0.3, -0.25) is 0 Å². The standard InChI is InChI=1S/C15H15ClN2O2/c1-9-4-6-13(12(16)7-9)20-14-8-10(2)3-5-11(14)15(17)18-19/h3-8,19H,1-2H3,(H2,17,18). The van der Waals surface area contributed by atoms with Gasteiger partial charge in [-0.25, -0.2) is 0 Å². The van der Waals surface area contributed by atoms with Gasteiger partial charge in [0, 0.05) is 0 Å². The van der Waals surface area contributed by atoms with Gasteiger partial charge in [0.1, 0.15) is 11.5 Å². The minimum Gasteiger partial charge on any atom is -0.455 e. The van der Waals surface area contributed by atoms with Crippen molar-refractivity contribution in [2.45, 2.75) is 13.8 Å². The van der Waals surface area contributed by atoms with Gasteiger partial charge in [-0.05, 0) is 49.2 Å². The maximum absolute atomic E-state index is 8.82. The van der Waals surface area contributed by atoms with Crippen molar-refractivity contribution >= 4 is 17.4 Å². The Labute approximate surface area is 122 Å². The molecule has 0 unspecified atom stereocenters. The molecule has 4 nitrogen and oxygen atoms in total. The third-order valence-electron chi connectivity index (χ3n) is 2.83. The number of nitrogens with zero attached hydrogens (tertiary/aromatic N) is 1. The quantitative estimate of drug-likeness (QED) is 0.390. The minimum absolute atomic E-state index is 0.0109. The number of nitrogens with two attached hydrogens (primary N) is 1. The fraction of sp³-hybridized carbons (Fsp3) is 0.133. The van der Waals surface area contributed by atoms with Crippen molar-refractivity contribution < 1.29 is 9.94 Å². The summed E-state index contributed by atoms with van der Waals surface area (Å²) in [5, 5.41) is 12.3. The van der Waals surface area contributed by atoms with E-state index in [2.05, 4.69) is 5.16 Å². The lowest BCUT2D eigenvalue weighted by molar-refractivity contribution is 0.318. The van der Waals surface area contributed by atoms with Crippen LogP contribution in [-0.2, 0) is 0 Å². The summed E-state index contributed by atoms with van der Waals surface area (Å²) in [5.41, 5.74) is 8.20. The van der Waals surface area contributed by atoms with Crippen molar-refractivity contribution in [1.82, 2.24) is 0 Å². The number of oxime groups is 1. The molecule has 2 rings (SSSR count). The number of benzene rings is 2. The molecule has 0 aliphatic carbocycles. The van der Waals surface area contributed by atoms with Gasteiger partial charge < -0.3 is 15.7 Å². The first-order valence-electron chi connectivity index (χ1n) is 6.04. The molecule has 0 aromatic heterocycles. The summed E-state index contributed by atoms with van der Waals surface area (Å²) >= 11 is 6.15. The first kappa shape index (κ1) is 14.2. The molecule has 0 radical (unpaired) electrons. The van der Waals surface area contributed by atoms with Crippen LogP contribution in [0.2, 0.25) is 5.02 Å². The van der Waals surface area contributed by atoms with Crippen molar-refractivity contribution in [2.24, 2.45) is 10.9 Å². The predicted molar refractivity (Wildman–Crippen MR) is 80.0 cm³/mol. The van der Waals surface area contributed by atoms with Crippen LogP contribution in [-0.4, -0.2) is 11.0 Å². The van der Waals surface area contributed by atoms with Gasteiger partial charge >= 0.3 is 0 Å². The zero-order chi connectivity index (χ0) is 14.7. The maximum Gasteiger partial charge on any atom is 0.173 e. The van der Waals surface area contributed by atoms with Crippen LogP contribution in [0.4, 0.5) is 0 Å². The molecule has 0 aliphatic rings. The monoisotopic (exact) mass is 290 g/mol. The minimum atomic E-state index is -0.0109. The number of rotatable bonds is 3. The summed E-state index contributed by atoms with van der Waals surface area (Å²) in [7, 11) is 0. The Bertz CT molecular complexity index is 669. The molecular formula is C15H15ClN2O2. The molecule has 2 aromatic carbocycles. The molecule has 0 saturated heterocycles. The Hall–Kier alpha value is -2.20. The van der Waals surface area contributed by atoms with Gasteiger partial charge in [-0.1, -0.05) is 28.9 Å². The van der Waals surface area contributed by atoms with Crippen LogP contribution < -0.4 is 10.5 Å². The van der Waals surface area contributed by atoms with E-state index >= 15 is 0 Å². The van der Waals surface area contributed by atoms with Crippen LogP contribution in [0.3, 0.4) is 0 Å². The van der Waals surface area contributed by atoms with Gasteiger partial charge in [0.15, 0.2) is 5.84 Å². The highest BCUT2D eigenvalue weighted by atomic mass is 35.5. The molecule has 3 N–H and O–H groups in total. The Morgan fingerprint density at radius 2 is 1.75 bits per heavy atom. The number of hydrogen-bond acceptors (Lipinski definition) is 3. The summed E-state index contributed by atoms with van der Waals surface area (Å²) in [6.07, 6.45) is 0. The Balaban J connectivity index is 2.44. The number of amidine groups is 1. The summed E-state index contributed by atoms with van der Waals surface area (Å²) in [5.74, 6) is 1.00. The fourth-order valence-electron chi connectivity index (χ4n) is 1.79. The van der Waals surface area contributed by atoms with Crippen LogP contribution in [0.15, 0.2) is 41.6 Å². The molecule has 0 heterocycles. The lowest BCUT2D eigenvalue weighted by Gasteiger charge is -2.12. The van der Waals surface area contributed by atoms with Gasteiger partial charge in [-0.15, -0.1) is 0 Å². The highest BCUT2D eigenvalue weighted by Gasteiger charge is 2.11. The van der Waals surface area contributed by atoms with E-state index in [1.807, 2.05) is 38.1 Å². The third-order valence-corrected chi connectivity index (χ3v) is 3.12. The van der Waals surface area contributed by atoms with Crippen molar-refractivity contribution in [3.63, 3.8) is 0 Å². The van der Waals surface area contributed by atoms with E-state index in [1.165, 1.54) is 0 Å². The summed E-state index contributed by atoms with van der Waals surface area (Å²) in [6.45, 7) is 3.88. The average molecular weight is 291 g/mol. The van der Waals surface area contributed by atoms with E-state index in [-0.39, 0.29) is 5.84 Å². The highest BCUT2D eigenvalue weighted by molar-refractivity contribution is 6.32. The van der Waals surface area contributed by atoms with Gasteiger partial charge in [-0.2, -0.15) is 0 Å². The molecule has 0 fully saturated rings. The van der Waals surface area contributed by atoms with Gasteiger partial charge in [0.05, 0.1) is 10.6 Å². The number of halogens is 1. The van der Waals surface area contributed by atoms with Crippen molar-refractivity contribution in [2.75, 3.05) is 0 Å². The zero-order valence-corrected chi connectivity index (χ0v) is 12.0. The molecule has 0 atom stereocenters. The number of ether oxygens (including phenoxy) is 1. The second-order valence-corrected chi connectivity index (χ2v) is 4.93. The molecule has 0 spiro atoms. The van der Waals surface area contributed by atoms with E-state index in [0.717, 1.165) is 11.1 Å². The molecule has 2 aromatic rings. The Morgan fingerprint density at radius 3 is 2.40 bits per heavy atom. The molecule has 0 aliphatic heterocycles. The van der Waals surface area contributed by atoms with E-state index in [4.69, 9.17) is 27.3 Å². The Kier molecular flexibility index (Phi) is 4.15. The average Bonchev–Trinajstić information content (AvgIpc) is 2.41. The van der Waals surface area contributed by atoms with Crippen LogP contribution in [0.1, 0.15) is 16.7 Å². The molecule has 0 saturated carbocycles. The summed E-state index contributed by atoms with van der Waals surface area (Å²) in [4.78, 5) is 0. The molecule has 104 valence electrons. The van der Waals surface area contributed by atoms with E-state index < -0.39 is 0 Å². The van der Waals surface area contributed by atoms with Crippen molar-refractivity contribution in [3.8, 4) is 11.5 Å². The molecule has 0 amide bonds. The summed E-state index contributed by atoms with van der Waals surface area (Å²) in [6, 6.07) is 10.9. The predicted octanol–water partition coefficient (Wildman–Crippen LogP) is 3.84. The van der Waals surface area contributed by atoms with Crippen LogP contribution in [0.25, 0.3) is 0 Å². The fourth-order valence-corrected chi connectivity index (χ4v) is 2.06. The second kappa shape index (κ2) is 5.84. The number of hydrogen-bond donors (Lipinski definition) is 2. The summed E-state index contributed by atoms with van der Waals surface area (Å²) < 4.78 is 5.80. The van der Waals surface area contributed by atoms with Crippen LogP contribution in [0.5, 0.6) is 11.5 Å². The normalized spacial score (nSPS) is 11.4. The smallest absolute Gasteiger partial charge is 0.173 e. The van der Waals surface area contributed by atoms with Crippen LogP contribution in [0, 0.1) is 13.8 Å². The van der Waals surface area contributed by atoms with E-state index in [9.17, 15) is 0 Å². The lowest BCUT2D eigenvalue weighted by Crippen LogP contribution is -2.14. The number of aryl methyl sites for hydroxylation is 2. The largest absolute Gasteiger partial charge is 0.455 e. The van der Waals surface area contributed by atoms with Crippen molar-refractivity contribution in [3.05, 3.63) is 58.1 Å². The first-order valence-corrected chi connectivity index (χ1v) is 6.41. The molecular weight excluding hydrogens is 276 g/mol. The van der Waals surface area contributed by atoms with Gasteiger partial charge in [0.25, 0.3) is 0 Å². The van der Waals surface area contributed by atoms with E-state index in [1.54, 1.807) is 12.1 Å². The Morgan fingerprint density at radius 1 is 1.10 bits per heavy atom. The highest BCUT2D eigenvalue weighted by Crippen LogP contribution is 2.32. The van der Waals surface area contributed by atoms with Crippen molar-refractivity contribution in [1.29, 1.82) is 0 Å².